The number of anilines is 2. The lowest BCUT2D eigenvalue weighted by molar-refractivity contribution is -0.141. The first-order valence-electron chi connectivity index (χ1n) is 15.0. The van der Waals surface area contributed by atoms with Crippen LogP contribution in [0.4, 0.5) is 24.7 Å². The summed E-state index contributed by atoms with van der Waals surface area (Å²) in [6.45, 7) is 2.93. The predicted molar refractivity (Wildman–Crippen MR) is 174 cm³/mol. The van der Waals surface area contributed by atoms with Crippen LogP contribution in [0.1, 0.15) is 23.4 Å². The summed E-state index contributed by atoms with van der Waals surface area (Å²) in [6, 6.07) is 11.3. The SMILES string of the molecule is COc1nc(-c2cccc(-c3cccc(Nc4nc(C(F)(F)F)cc5cnn(C)c(=O)c45)c3C)c2Cl)cnc1CN[C@@H]1CCOC[C@H]1O. The zero-order chi connectivity index (χ0) is 34.2. The van der Waals surface area contributed by atoms with Crippen molar-refractivity contribution >= 4 is 33.9 Å². The molecule has 1 saturated heterocycles. The fourth-order valence-electron chi connectivity index (χ4n) is 5.62. The molecular formula is C33H31ClF3N7O4. The van der Waals surface area contributed by atoms with Crippen LogP contribution in [0.2, 0.25) is 5.02 Å². The summed E-state index contributed by atoms with van der Waals surface area (Å²) < 4.78 is 53.1. The number of nitrogens with one attached hydrogen (secondary N) is 2. The minimum Gasteiger partial charge on any atom is -0.480 e. The molecule has 0 aliphatic carbocycles. The smallest absolute Gasteiger partial charge is 0.433 e. The Kier molecular flexibility index (Phi) is 9.34. The van der Waals surface area contributed by atoms with Gasteiger partial charge in [-0.05, 0) is 36.6 Å². The first-order chi connectivity index (χ1) is 23.0. The molecule has 0 radical (unpaired) electrons. The largest absolute Gasteiger partial charge is 0.480 e. The molecule has 250 valence electrons. The second-order valence-corrected chi connectivity index (χ2v) is 11.7. The van der Waals surface area contributed by atoms with E-state index in [1.165, 1.54) is 20.4 Å². The third-order valence-electron chi connectivity index (χ3n) is 8.23. The van der Waals surface area contributed by atoms with E-state index in [2.05, 4.69) is 30.7 Å². The van der Waals surface area contributed by atoms with Crippen molar-refractivity contribution in [1.82, 2.24) is 30.0 Å². The summed E-state index contributed by atoms with van der Waals surface area (Å²) in [5, 5.41) is 20.7. The first-order valence-corrected chi connectivity index (χ1v) is 15.3. The molecule has 5 aromatic rings. The number of rotatable bonds is 8. The van der Waals surface area contributed by atoms with Crippen molar-refractivity contribution in [3.8, 4) is 28.3 Å². The van der Waals surface area contributed by atoms with Crippen molar-refractivity contribution < 1.29 is 27.8 Å². The maximum absolute atomic E-state index is 13.8. The van der Waals surface area contributed by atoms with E-state index in [0.29, 0.717) is 69.8 Å². The molecule has 2 aromatic carbocycles. The Hall–Kier alpha value is -4.63. The predicted octanol–water partition coefficient (Wildman–Crippen LogP) is 5.42. The maximum Gasteiger partial charge on any atom is 0.433 e. The number of ether oxygens (including phenoxy) is 2. The van der Waals surface area contributed by atoms with Gasteiger partial charge in [-0.1, -0.05) is 41.9 Å². The topological polar surface area (TPSA) is 136 Å². The molecule has 0 saturated carbocycles. The Morgan fingerprint density at radius 2 is 1.88 bits per heavy atom. The molecule has 0 amide bonds. The van der Waals surface area contributed by atoms with E-state index in [9.17, 15) is 23.1 Å². The summed E-state index contributed by atoms with van der Waals surface area (Å²) in [6.07, 6.45) is -1.91. The Labute approximate surface area is 277 Å². The fraction of sp³-hybridized carbons (Fsp3) is 0.303. The van der Waals surface area contributed by atoms with Crippen molar-refractivity contribution in [3.63, 3.8) is 0 Å². The van der Waals surface area contributed by atoms with E-state index in [1.807, 2.05) is 18.2 Å². The van der Waals surface area contributed by atoms with Gasteiger partial charge in [-0.25, -0.2) is 14.6 Å². The number of alkyl halides is 3. The van der Waals surface area contributed by atoms with Crippen LogP contribution in [-0.4, -0.2) is 62.3 Å². The van der Waals surface area contributed by atoms with Crippen LogP contribution in [0.25, 0.3) is 33.2 Å². The molecule has 15 heteroatoms. The normalized spacial score (nSPS) is 16.7. The number of fused-ring (bicyclic) bond motifs is 1. The summed E-state index contributed by atoms with van der Waals surface area (Å²) in [5.74, 6) is 0.0544. The number of benzene rings is 2. The molecule has 3 aromatic heterocycles. The van der Waals surface area contributed by atoms with Crippen LogP contribution in [0.15, 0.2) is 59.7 Å². The second kappa shape index (κ2) is 13.5. The lowest BCUT2D eigenvalue weighted by atomic mass is 9.96. The van der Waals surface area contributed by atoms with Gasteiger partial charge in [-0.15, -0.1) is 0 Å². The average molecular weight is 682 g/mol. The van der Waals surface area contributed by atoms with E-state index < -0.39 is 23.5 Å². The molecule has 48 heavy (non-hydrogen) atoms. The minimum absolute atomic E-state index is 0.00648. The number of halogens is 4. The van der Waals surface area contributed by atoms with Crippen molar-refractivity contribution in [1.29, 1.82) is 0 Å². The van der Waals surface area contributed by atoms with E-state index >= 15 is 0 Å². The summed E-state index contributed by atoms with van der Waals surface area (Å²) >= 11 is 6.99. The molecule has 0 spiro atoms. The fourth-order valence-corrected chi connectivity index (χ4v) is 5.94. The maximum atomic E-state index is 13.8. The standard InChI is InChI=1S/C33H31ClF3N7O4/c1-17-19(6-5-9-22(17)41-30-28-18(13-40-44(2)32(28)46)12-27(43-30)33(35,36)37)20-7-4-8-21(29(20)34)24-14-39-25(31(42-24)47-3)15-38-23-10-11-48-16-26(23)45/h4-9,12-14,23,26,38,45H,10-11,15-16H2,1-3H3,(H,41,43)/t23-,26-/m1/s1. The third-order valence-corrected chi connectivity index (χ3v) is 8.64. The van der Waals surface area contributed by atoms with Gasteiger partial charge in [0.05, 0.1) is 48.3 Å². The Morgan fingerprint density at radius 3 is 2.62 bits per heavy atom. The van der Waals surface area contributed by atoms with E-state index in [0.717, 1.165) is 10.7 Å². The molecule has 6 rings (SSSR count). The van der Waals surface area contributed by atoms with Gasteiger partial charge < -0.3 is 25.2 Å². The van der Waals surface area contributed by atoms with Gasteiger partial charge in [0.15, 0.2) is 0 Å². The lowest BCUT2D eigenvalue weighted by Crippen LogP contribution is -2.46. The molecule has 1 fully saturated rings. The number of methoxy groups -OCH3 is 1. The zero-order valence-electron chi connectivity index (χ0n) is 26.1. The number of pyridine rings is 1. The molecule has 2 atom stereocenters. The Morgan fingerprint density at radius 1 is 1.12 bits per heavy atom. The van der Waals surface area contributed by atoms with E-state index in [-0.39, 0.29) is 29.2 Å². The Balaban J connectivity index is 1.34. The zero-order valence-corrected chi connectivity index (χ0v) is 26.9. The molecule has 11 nitrogen and oxygen atoms in total. The number of aryl methyl sites for hydroxylation is 1. The third kappa shape index (κ3) is 6.56. The van der Waals surface area contributed by atoms with Crippen molar-refractivity contribution in [3.05, 3.63) is 87.2 Å². The molecule has 1 aliphatic rings. The quantitative estimate of drug-likeness (QED) is 0.195. The number of aliphatic hydroxyl groups is 1. The van der Waals surface area contributed by atoms with Gasteiger partial charge in [0.2, 0.25) is 5.88 Å². The van der Waals surface area contributed by atoms with Crippen LogP contribution in [0, 0.1) is 6.92 Å². The highest BCUT2D eigenvalue weighted by Crippen LogP contribution is 2.40. The summed E-state index contributed by atoms with van der Waals surface area (Å²) in [7, 11) is 2.91. The molecule has 3 N–H and O–H groups in total. The van der Waals surface area contributed by atoms with E-state index in [1.54, 1.807) is 31.3 Å². The monoisotopic (exact) mass is 681 g/mol. The number of aliphatic hydroxyl groups excluding tert-OH is 1. The average Bonchev–Trinajstić information content (AvgIpc) is 3.06. The van der Waals surface area contributed by atoms with Crippen LogP contribution >= 0.6 is 11.6 Å². The van der Waals surface area contributed by atoms with E-state index in [4.69, 9.17) is 21.1 Å². The van der Waals surface area contributed by atoms with Crippen molar-refractivity contribution in [2.45, 2.75) is 38.2 Å². The highest BCUT2D eigenvalue weighted by Gasteiger charge is 2.34. The summed E-state index contributed by atoms with van der Waals surface area (Å²) in [5.41, 5.74) is 2.25. The molecular weight excluding hydrogens is 651 g/mol. The van der Waals surface area contributed by atoms with Gasteiger partial charge in [0, 0.05) is 48.4 Å². The van der Waals surface area contributed by atoms with Gasteiger partial charge >= 0.3 is 6.18 Å². The highest BCUT2D eigenvalue weighted by atomic mass is 35.5. The second-order valence-electron chi connectivity index (χ2n) is 11.3. The number of hydrogen-bond donors (Lipinski definition) is 3. The highest BCUT2D eigenvalue weighted by molar-refractivity contribution is 6.36. The minimum atomic E-state index is -4.75. The summed E-state index contributed by atoms with van der Waals surface area (Å²) in [4.78, 5) is 26.0. The molecule has 0 bridgehead atoms. The van der Waals surface area contributed by atoms with Crippen LogP contribution in [0.3, 0.4) is 0 Å². The van der Waals surface area contributed by atoms with Gasteiger partial charge in [0.1, 0.15) is 17.2 Å². The van der Waals surface area contributed by atoms with Crippen LogP contribution in [-0.2, 0) is 24.5 Å². The van der Waals surface area contributed by atoms with Crippen LogP contribution < -0.4 is 20.9 Å². The van der Waals surface area contributed by atoms with Gasteiger partial charge in [0.25, 0.3) is 5.56 Å². The lowest BCUT2D eigenvalue weighted by Gasteiger charge is -2.28. The number of nitrogens with zero attached hydrogens (tertiary/aromatic N) is 5. The first kappa shape index (κ1) is 33.3. The van der Waals surface area contributed by atoms with Crippen molar-refractivity contribution in [2.75, 3.05) is 25.6 Å². The van der Waals surface area contributed by atoms with Crippen molar-refractivity contribution in [2.24, 2.45) is 7.05 Å². The molecule has 1 aliphatic heterocycles. The van der Waals surface area contributed by atoms with Gasteiger partial charge in [-0.2, -0.15) is 18.3 Å². The van der Waals surface area contributed by atoms with Crippen LogP contribution in [0.5, 0.6) is 5.88 Å². The molecule has 0 unspecified atom stereocenters. The van der Waals surface area contributed by atoms with Gasteiger partial charge in [-0.3, -0.25) is 9.78 Å². The number of aromatic nitrogens is 5. The Bertz CT molecular complexity index is 2060. The number of hydrogen-bond acceptors (Lipinski definition) is 10. The molecule has 4 heterocycles.